The van der Waals surface area contributed by atoms with Crippen molar-refractivity contribution in [3.8, 4) is 0 Å². The van der Waals surface area contributed by atoms with E-state index in [0.29, 0.717) is 0 Å². The first kappa shape index (κ1) is 9.16. The van der Waals surface area contributed by atoms with E-state index in [-0.39, 0.29) is 0 Å². The summed E-state index contributed by atoms with van der Waals surface area (Å²) >= 11 is 0. The number of fused-ring (bicyclic) bond motifs is 1. The van der Waals surface area contributed by atoms with Gasteiger partial charge >= 0.3 is 0 Å². The average Bonchev–Trinajstić information content (AvgIpc) is 2.77. The highest BCUT2D eigenvalue weighted by molar-refractivity contribution is 5.38. The molecule has 0 spiro atoms. The van der Waals surface area contributed by atoms with E-state index < -0.39 is 0 Å². The van der Waals surface area contributed by atoms with Crippen LogP contribution in [0.2, 0.25) is 0 Å². The zero-order valence-electron chi connectivity index (χ0n) is 8.89. The number of rotatable bonds is 1. The van der Waals surface area contributed by atoms with Crippen molar-refractivity contribution >= 4 is 5.82 Å². The van der Waals surface area contributed by atoms with E-state index in [4.69, 9.17) is 0 Å². The highest BCUT2D eigenvalue weighted by atomic mass is 15.2. The van der Waals surface area contributed by atoms with Crippen molar-refractivity contribution in [3.05, 3.63) is 24.4 Å². The number of aromatic nitrogens is 1. The standard InChI is InChI=1S/C12H17N3/c1-2-6-14-12(3-1)15-8-5-11-10(9-15)4-7-13-11/h1-3,6,10-11,13H,4-5,7-9H2. The van der Waals surface area contributed by atoms with Crippen molar-refractivity contribution in [3.63, 3.8) is 0 Å². The molecule has 80 valence electrons. The van der Waals surface area contributed by atoms with E-state index in [1.165, 1.54) is 25.9 Å². The Morgan fingerprint density at radius 2 is 2.33 bits per heavy atom. The molecule has 0 aliphatic carbocycles. The minimum Gasteiger partial charge on any atom is -0.356 e. The van der Waals surface area contributed by atoms with Gasteiger partial charge in [0.2, 0.25) is 0 Å². The fourth-order valence-electron chi connectivity index (χ4n) is 2.80. The van der Waals surface area contributed by atoms with Crippen LogP contribution < -0.4 is 10.2 Å². The molecule has 2 unspecified atom stereocenters. The van der Waals surface area contributed by atoms with Crippen molar-refractivity contribution in [1.29, 1.82) is 0 Å². The molecule has 0 bridgehead atoms. The summed E-state index contributed by atoms with van der Waals surface area (Å²) in [6, 6.07) is 6.93. The van der Waals surface area contributed by atoms with Gasteiger partial charge in [0.05, 0.1) is 0 Å². The third-order valence-electron chi connectivity index (χ3n) is 3.63. The maximum Gasteiger partial charge on any atom is 0.128 e. The second-order valence-electron chi connectivity index (χ2n) is 4.53. The highest BCUT2D eigenvalue weighted by Crippen LogP contribution is 2.26. The number of pyridine rings is 1. The average molecular weight is 203 g/mol. The quantitative estimate of drug-likeness (QED) is 0.745. The highest BCUT2D eigenvalue weighted by Gasteiger charge is 2.32. The van der Waals surface area contributed by atoms with Gasteiger partial charge in [0.25, 0.3) is 0 Å². The number of anilines is 1. The summed E-state index contributed by atoms with van der Waals surface area (Å²) < 4.78 is 0. The Kier molecular flexibility index (Phi) is 2.33. The Bertz CT molecular complexity index is 325. The molecular weight excluding hydrogens is 186 g/mol. The Hall–Kier alpha value is -1.09. The smallest absolute Gasteiger partial charge is 0.128 e. The first-order valence-corrected chi connectivity index (χ1v) is 5.83. The summed E-state index contributed by atoms with van der Waals surface area (Å²) in [5.41, 5.74) is 0. The monoisotopic (exact) mass is 203 g/mol. The molecule has 3 heterocycles. The number of hydrogen-bond acceptors (Lipinski definition) is 3. The van der Waals surface area contributed by atoms with Gasteiger partial charge in [-0.15, -0.1) is 0 Å². The summed E-state index contributed by atoms with van der Waals surface area (Å²) in [4.78, 5) is 6.85. The molecule has 0 saturated carbocycles. The molecule has 15 heavy (non-hydrogen) atoms. The molecule has 2 aliphatic heterocycles. The molecule has 2 fully saturated rings. The van der Waals surface area contributed by atoms with Crippen LogP contribution in [0, 0.1) is 5.92 Å². The van der Waals surface area contributed by atoms with Gasteiger partial charge in [0.1, 0.15) is 5.82 Å². The van der Waals surface area contributed by atoms with E-state index in [1.807, 2.05) is 12.3 Å². The summed E-state index contributed by atoms with van der Waals surface area (Å²) in [7, 11) is 0. The summed E-state index contributed by atoms with van der Waals surface area (Å²) in [6.45, 7) is 3.52. The minimum absolute atomic E-state index is 0.768. The summed E-state index contributed by atoms with van der Waals surface area (Å²) in [6.07, 6.45) is 4.48. The molecule has 0 aromatic carbocycles. The van der Waals surface area contributed by atoms with Crippen molar-refractivity contribution in [2.75, 3.05) is 24.5 Å². The van der Waals surface area contributed by atoms with Crippen molar-refractivity contribution < 1.29 is 0 Å². The second kappa shape index (κ2) is 3.81. The third kappa shape index (κ3) is 1.72. The maximum absolute atomic E-state index is 4.42. The second-order valence-corrected chi connectivity index (χ2v) is 4.53. The van der Waals surface area contributed by atoms with Gasteiger partial charge < -0.3 is 10.2 Å². The van der Waals surface area contributed by atoms with Gasteiger partial charge in [0, 0.05) is 25.3 Å². The lowest BCUT2D eigenvalue weighted by molar-refractivity contribution is 0.375. The number of nitrogens with one attached hydrogen (secondary N) is 1. The van der Waals surface area contributed by atoms with E-state index in [9.17, 15) is 0 Å². The van der Waals surface area contributed by atoms with E-state index in [1.54, 1.807) is 0 Å². The number of hydrogen-bond donors (Lipinski definition) is 1. The van der Waals surface area contributed by atoms with Crippen molar-refractivity contribution in [2.24, 2.45) is 5.92 Å². The van der Waals surface area contributed by atoms with Crippen LogP contribution in [0.15, 0.2) is 24.4 Å². The first-order valence-electron chi connectivity index (χ1n) is 5.83. The molecule has 3 rings (SSSR count). The zero-order valence-corrected chi connectivity index (χ0v) is 8.89. The SMILES string of the molecule is c1ccc(N2CCC3NCCC3C2)nc1. The molecule has 3 heteroatoms. The van der Waals surface area contributed by atoms with Gasteiger partial charge in [-0.1, -0.05) is 6.07 Å². The zero-order chi connectivity index (χ0) is 10.1. The molecule has 2 saturated heterocycles. The molecule has 2 atom stereocenters. The lowest BCUT2D eigenvalue weighted by Crippen LogP contribution is -2.44. The summed E-state index contributed by atoms with van der Waals surface area (Å²) in [5, 5.41) is 3.58. The molecule has 2 aliphatic rings. The van der Waals surface area contributed by atoms with Crippen molar-refractivity contribution in [2.45, 2.75) is 18.9 Å². The van der Waals surface area contributed by atoms with Crippen LogP contribution in [0.1, 0.15) is 12.8 Å². The molecule has 0 amide bonds. The lowest BCUT2D eigenvalue weighted by atomic mass is 9.93. The number of piperidine rings is 1. The Balaban J connectivity index is 1.74. The molecule has 1 aromatic heterocycles. The molecule has 1 N–H and O–H groups in total. The Morgan fingerprint density at radius 3 is 3.20 bits per heavy atom. The van der Waals surface area contributed by atoms with Crippen LogP contribution in [-0.4, -0.2) is 30.7 Å². The van der Waals surface area contributed by atoms with Crippen LogP contribution in [0.5, 0.6) is 0 Å². The van der Waals surface area contributed by atoms with E-state index in [0.717, 1.165) is 24.3 Å². The fourth-order valence-corrected chi connectivity index (χ4v) is 2.80. The van der Waals surface area contributed by atoms with Crippen LogP contribution in [0.25, 0.3) is 0 Å². The topological polar surface area (TPSA) is 28.2 Å². The van der Waals surface area contributed by atoms with Crippen LogP contribution in [0.4, 0.5) is 5.82 Å². The van der Waals surface area contributed by atoms with Crippen LogP contribution in [-0.2, 0) is 0 Å². The maximum atomic E-state index is 4.42. The van der Waals surface area contributed by atoms with E-state index >= 15 is 0 Å². The molecule has 0 radical (unpaired) electrons. The normalized spacial score (nSPS) is 30.3. The fraction of sp³-hybridized carbons (Fsp3) is 0.583. The first-order chi connectivity index (χ1) is 7.43. The van der Waals surface area contributed by atoms with Crippen molar-refractivity contribution in [1.82, 2.24) is 10.3 Å². The predicted molar refractivity (Wildman–Crippen MR) is 61.0 cm³/mol. The number of nitrogens with zero attached hydrogens (tertiary/aromatic N) is 2. The van der Waals surface area contributed by atoms with Gasteiger partial charge in [-0.25, -0.2) is 4.98 Å². The van der Waals surface area contributed by atoms with Crippen LogP contribution in [0.3, 0.4) is 0 Å². The lowest BCUT2D eigenvalue weighted by Gasteiger charge is -2.35. The summed E-state index contributed by atoms with van der Waals surface area (Å²) in [5.74, 6) is 1.98. The van der Waals surface area contributed by atoms with Crippen LogP contribution >= 0.6 is 0 Å². The van der Waals surface area contributed by atoms with Gasteiger partial charge in [-0.05, 0) is 37.4 Å². The van der Waals surface area contributed by atoms with E-state index in [2.05, 4.69) is 27.3 Å². The van der Waals surface area contributed by atoms with Gasteiger partial charge in [-0.3, -0.25) is 0 Å². The largest absolute Gasteiger partial charge is 0.356 e. The van der Waals surface area contributed by atoms with Gasteiger partial charge in [-0.2, -0.15) is 0 Å². The third-order valence-corrected chi connectivity index (χ3v) is 3.63. The minimum atomic E-state index is 0.768. The predicted octanol–water partition coefficient (Wildman–Crippen LogP) is 1.27. The Morgan fingerprint density at radius 1 is 1.33 bits per heavy atom. The molecule has 1 aromatic rings. The van der Waals surface area contributed by atoms with Gasteiger partial charge in [0.15, 0.2) is 0 Å². The molecule has 3 nitrogen and oxygen atoms in total. The molecular formula is C12H17N3. The Labute approximate surface area is 90.5 Å².